The molecular weight excluding hydrogens is 525 g/mol. The Morgan fingerprint density at radius 1 is 1.15 bits per heavy atom. The lowest BCUT2D eigenvalue weighted by molar-refractivity contribution is -0.384. The fourth-order valence-electron chi connectivity index (χ4n) is 4.05. The summed E-state index contributed by atoms with van der Waals surface area (Å²) < 4.78 is 26.6. The van der Waals surface area contributed by atoms with Crippen molar-refractivity contribution in [2.24, 2.45) is 0 Å². The minimum atomic E-state index is -3.06. The summed E-state index contributed by atoms with van der Waals surface area (Å²) in [5.41, 5.74) is 1.77. The van der Waals surface area contributed by atoms with E-state index >= 15 is 0 Å². The van der Waals surface area contributed by atoms with E-state index in [1.54, 1.807) is 36.4 Å². The van der Waals surface area contributed by atoms with Gasteiger partial charge in [0.1, 0.15) is 6.20 Å². The predicted octanol–water partition coefficient (Wildman–Crippen LogP) is 4.29. The van der Waals surface area contributed by atoms with Crippen LogP contribution in [-0.4, -0.2) is 65.4 Å². The topological polar surface area (TPSA) is 161 Å². The monoisotopic (exact) mass is 555 g/mol. The minimum Gasteiger partial charge on any atom is -0.379 e. The lowest BCUT2D eigenvalue weighted by Gasteiger charge is -2.33. The molecular formula is C25H30N7O6P. The molecule has 4 rings (SSSR count). The van der Waals surface area contributed by atoms with Gasteiger partial charge in [0.05, 0.1) is 42.2 Å². The van der Waals surface area contributed by atoms with Gasteiger partial charge in [-0.3, -0.25) is 19.5 Å². The van der Waals surface area contributed by atoms with Gasteiger partial charge in [0.25, 0.3) is 13.4 Å². The maximum Gasteiger partial charge on any atom is 0.329 e. The maximum absolute atomic E-state index is 13.6. The Hall–Kier alpha value is -3.90. The summed E-state index contributed by atoms with van der Waals surface area (Å²) in [4.78, 5) is 31.6. The molecule has 0 bridgehead atoms. The Balaban J connectivity index is 1.52. The average Bonchev–Trinajstić information content (AvgIpc) is 2.94. The SMILES string of the molecule is CCOP(=O)(Cc1ccc(Nc2ncc([N+](=O)[O-])c(Nc3ccccc3C(=O)NC)n2)cc1)N1CCOCC1. The molecule has 3 N–H and O–H groups in total. The number of ether oxygens (including phenoxy) is 1. The van der Waals surface area contributed by atoms with E-state index in [0.29, 0.717) is 49.8 Å². The van der Waals surface area contributed by atoms with Crippen LogP contribution in [0, 0.1) is 10.1 Å². The first-order valence-corrected chi connectivity index (χ1v) is 14.1. The molecule has 1 atom stereocenters. The van der Waals surface area contributed by atoms with Crippen LogP contribution in [0.1, 0.15) is 22.8 Å². The average molecular weight is 556 g/mol. The number of aromatic nitrogens is 2. The second kappa shape index (κ2) is 12.8. The van der Waals surface area contributed by atoms with E-state index in [9.17, 15) is 19.5 Å². The van der Waals surface area contributed by atoms with Crippen LogP contribution in [0.2, 0.25) is 0 Å². The third kappa shape index (κ3) is 6.95. The van der Waals surface area contributed by atoms with E-state index in [-0.39, 0.29) is 29.5 Å². The van der Waals surface area contributed by atoms with Crippen molar-refractivity contribution in [2.75, 3.05) is 50.6 Å². The molecule has 1 aliphatic heterocycles. The smallest absolute Gasteiger partial charge is 0.329 e. The molecule has 0 spiro atoms. The highest BCUT2D eigenvalue weighted by atomic mass is 31.2. The lowest BCUT2D eigenvalue weighted by Crippen LogP contribution is -2.34. The van der Waals surface area contributed by atoms with Crippen LogP contribution in [0.5, 0.6) is 0 Å². The minimum absolute atomic E-state index is 0.0753. The Morgan fingerprint density at radius 2 is 1.87 bits per heavy atom. The van der Waals surface area contributed by atoms with E-state index < -0.39 is 12.4 Å². The molecule has 0 saturated carbocycles. The van der Waals surface area contributed by atoms with Crippen molar-refractivity contribution in [3.05, 3.63) is 76.0 Å². The number of morpholine rings is 1. The highest BCUT2D eigenvalue weighted by Crippen LogP contribution is 2.54. The van der Waals surface area contributed by atoms with Gasteiger partial charge in [-0.1, -0.05) is 24.3 Å². The van der Waals surface area contributed by atoms with E-state index in [2.05, 4.69) is 25.9 Å². The van der Waals surface area contributed by atoms with Gasteiger partial charge < -0.3 is 25.2 Å². The van der Waals surface area contributed by atoms with Gasteiger partial charge in [-0.15, -0.1) is 0 Å². The van der Waals surface area contributed by atoms with Crippen molar-refractivity contribution in [1.82, 2.24) is 20.0 Å². The van der Waals surface area contributed by atoms with Crippen LogP contribution in [-0.2, 0) is 20.0 Å². The van der Waals surface area contributed by atoms with E-state index in [1.165, 1.54) is 7.05 Å². The first kappa shape index (κ1) is 28.1. The standard InChI is InChI=1S/C25H30N7O6P/c1-3-38-39(36,31-12-14-37-15-13-31)17-18-8-10-19(11-9-18)28-25-27-16-22(32(34)35)23(30-25)29-21-7-5-4-6-20(21)24(33)26-2/h4-11,16H,3,12-15,17H2,1-2H3,(H,26,33)(H2,27,28,29,30). The molecule has 0 radical (unpaired) electrons. The molecule has 3 aromatic rings. The fraction of sp³-hybridized carbons (Fsp3) is 0.320. The highest BCUT2D eigenvalue weighted by molar-refractivity contribution is 7.55. The van der Waals surface area contributed by atoms with Crippen molar-refractivity contribution < 1.29 is 23.5 Å². The molecule has 1 fully saturated rings. The summed E-state index contributed by atoms with van der Waals surface area (Å²) >= 11 is 0. The second-order valence-electron chi connectivity index (χ2n) is 8.54. The quantitative estimate of drug-likeness (QED) is 0.176. The zero-order chi connectivity index (χ0) is 27.8. The number of para-hydroxylation sites is 1. The number of hydrogen-bond acceptors (Lipinski definition) is 10. The molecule has 1 saturated heterocycles. The third-order valence-corrected chi connectivity index (χ3v) is 8.65. The largest absolute Gasteiger partial charge is 0.379 e. The van der Waals surface area contributed by atoms with Gasteiger partial charge in [0.15, 0.2) is 0 Å². The molecule has 0 aliphatic carbocycles. The molecule has 39 heavy (non-hydrogen) atoms. The molecule has 206 valence electrons. The summed E-state index contributed by atoms with van der Waals surface area (Å²) in [6, 6.07) is 13.8. The van der Waals surface area contributed by atoms with E-state index in [4.69, 9.17) is 9.26 Å². The van der Waals surface area contributed by atoms with Gasteiger partial charge in [0.2, 0.25) is 11.8 Å². The summed E-state index contributed by atoms with van der Waals surface area (Å²) in [7, 11) is -1.56. The Morgan fingerprint density at radius 3 is 2.54 bits per heavy atom. The predicted molar refractivity (Wildman–Crippen MR) is 147 cm³/mol. The van der Waals surface area contributed by atoms with E-state index in [0.717, 1.165) is 11.8 Å². The molecule has 2 heterocycles. The van der Waals surface area contributed by atoms with Gasteiger partial charge in [0, 0.05) is 25.8 Å². The number of carbonyl (C=O) groups excluding carboxylic acids is 1. The molecule has 1 amide bonds. The van der Waals surface area contributed by atoms with Crippen molar-refractivity contribution in [2.45, 2.75) is 13.1 Å². The summed E-state index contributed by atoms with van der Waals surface area (Å²) in [5, 5.41) is 20.1. The number of anilines is 4. The van der Waals surface area contributed by atoms with E-state index in [1.807, 2.05) is 23.7 Å². The van der Waals surface area contributed by atoms with Gasteiger partial charge in [-0.05, 0) is 36.8 Å². The molecule has 14 heteroatoms. The van der Waals surface area contributed by atoms with Crippen molar-refractivity contribution in [3.8, 4) is 0 Å². The normalized spacial score (nSPS) is 15.2. The van der Waals surface area contributed by atoms with Gasteiger partial charge in [-0.2, -0.15) is 4.98 Å². The third-order valence-electron chi connectivity index (χ3n) is 5.96. The lowest BCUT2D eigenvalue weighted by atomic mass is 10.1. The number of nitrogens with one attached hydrogen (secondary N) is 3. The second-order valence-corrected chi connectivity index (χ2v) is 11.0. The number of amides is 1. The molecule has 2 aromatic carbocycles. The van der Waals surface area contributed by atoms with Crippen LogP contribution in [0.3, 0.4) is 0 Å². The highest BCUT2D eigenvalue weighted by Gasteiger charge is 2.33. The zero-order valence-corrected chi connectivity index (χ0v) is 22.5. The fourth-order valence-corrected chi connectivity index (χ4v) is 6.36. The number of carbonyl (C=O) groups is 1. The van der Waals surface area contributed by atoms with Crippen molar-refractivity contribution >= 4 is 42.3 Å². The van der Waals surface area contributed by atoms with Crippen LogP contribution < -0.4 is 16.0 Å². The molecule has 13 nitrogen and oxygen atoms in total. The Labute approximate surface area is 225 Å². The number of nitrogens with zero attached hydrogens (tertiary/aromatic N) is 4. The summed E-state index contributed by atoms with van der Waals surface area (Å²) in [6.07, 6.45) is 1.35. The molecule has 1 aromatic heterocycles. The maximum atomic E-state index is 13.6. The van der Waals surface area contributed by atoms with Crippen molar-refractivity contribution in [1.29, 1.82) is 0 Å². The number of benzene rings is 2. The van der Waals surface area contributed by atoms with Gasteiger partial charge >= 0.3 is 5.69 Å². The van der Waals surface area contributed by atoms with Crippen LogP contribution in [0.15, 0.2) is 54.7 Å². The number of nitro groups is 1. The molecule has 1 aliphatic rings. The molecule has 1 unspecified atom stereocenters. The number of rotatable bonds is 11. The van der Waals surface area contributed by atoms with Crippen LogP contribution >= 0.6 is 7.52 Å². The Kier molecular flexibility index (Phi) is 9.20. The first-order valence-electron chi connectivity index (χ1n) is 12.3. The number of hydrogen-bond donors (Lipinski definition) is 3. The van der Waals surface area contributed by atoms with Gasteiger partial charge in [-0.25, -0.2) is 9.65 Å². The zero-order valence-electron chi connectivity index (χ0n) is 21.6. The van der Waals surface area contributed by atoms with Crippen molar-refractivity contribution in [3.63, 3.8) is 0 Å². The van der Waals surface area contributed by atoms with Crippen LogP contribution in [0.4, 0.5) is 28.8 Å². The first-order chi connectivity index (χ1) is 18.8. The summed E-state index contributed by atoms with van der Waals surface area (Å²) in [5.74, 6) is -0.314. The van der Waals surface area contributed by atoms with Crippen LogP contribution in [0.25, 0.3) is 0 Å². The Bertz CT molecular complexity index is 1370. The summed E-state index contributed by atoms with van der Waals surface area (Å²) in [6.45, 7) is 4.31.